The first-order chi connectivity index (χ1) is 16.3. The molecule has 3 aromatic carbocycles. The van der Waals surface area contributed by atoms with Crippen molar-refractivity contribution in [1.29, 1.82) is 5.26 Å². The van der Waals surface area contributed by atoms with E-state index in [1.54, 1.807) is 6.08 Å². The van der Waals surface area contributed by atoms with Gasteiger partial charge < -0.3 is 10.1 Å². The number of amides is 1. The van der Waals surface area contributed by atoms with Gasteiger partial charge in [0, 0.05) is 21.2 Å². The molecule has 0 aliphatic heterocycles. The summed E-state index contributed by atoms with van der Waals surface area (Å²) in [6, 6.07) is 20.1. The number of aryl methyl sites for hydroxylation is 3. The molecule has 0 heterocycles. The van der Waals surface area contributed by atoms with Crippen molar-refractivity contribution in [2.45, 2.75) is 40.5 Å². The van der Waals surface area contributed by atoms with Crippen molar-refractivity contribution < 1.29 is 9.53 Å². The fourth-order valence-electron chi connectivity index (χ4n) is 3.88. The fourth-order valence-corrected chi connectivity index (χ4v) is 4.70. The maximum atomic E-state index is 12.7. The first-order valence-electron chi connectivity index (χ1n) is 11.4. The topological polar surface area (TPSA) is 62.1 Å². The number of anilines is 1. The maximum absolute atomic E-state index is 12.7. The third-order valence-corrected chi connectivity index (χ3v) is 6.40. The third kappa shape index (κ3) is 6.71. The standard InChI is InChI=1S/C29H29IN2O2/c1-5-21-7-9-25(10-8-21)32-29(33)24(18-31)14-23-16-27(30)26(28(17-23)34-6-2)15-22-12-19(3)11-20(4)13-22/h7-14,16-17H,5-6,15H2,1-4H3,(H,32,33)/b24-14+. The Hall–Kier alpha value is -3.11. The van der Waals surface area contributed by atoms with E-state index in [2.05, 4.69) is 66.9 Å². The van der Waals surface area contributed by atoms with Gasteiger partial charge >= 0.3 is 0 Å². The van der Waals surface area contributed by atoms with Gasteiger partial charge in [0.25, 0.3) is 5.91 Å². The summed E-state index contributed by atoms with van der Waals surface area (Å²) < 4.78 is 7.00. The Morgan fingerprint density at radius 3 is 2.29 bits per heavy atom. The number of hydrogen-bond donors (Lipinski definition) is 1. The highest BCUT2D eigenvalue weighted by Gasteiger charge is 2.14. The van der Waals surface area contributed by atoms with E-state index in [4.69, 9.17) is 4.74 Å². The van der Waals surface area contributed by atoms with E-state index >= 15 is 0 Å². The molecular weight excluding hydrogens is 535 g/mol. The Balaban J connectivity index is 1.90. The largest absolute Gasteiger partial charge is 0.494 e. The van der Waals surface area contributed by atoms with E-state index in [-0.39, 0.29) is 5.57 Å². The van der Waals surface area contributed by atoms with Gasteiger partial charge in [-0.1, -0.05) is 48.4 Å². The van der Waals surface area contributed by atoms with Crippen molar-refractivity contribution >= 4 is 40.3 Å². The average Bonchev–Trinajstić information content (AvgIpc) is 2.79. The summed E-state index contributed by atoms with van der Waals surface area (Å²) in [5, 5.41) is 12.5. The van der Waals surface area contributed by atoms with E-state index < -0.39 is 5.91 Å². The Kier molecular flexibility index (Phi) is 8.89. The van der Waals surface area contributed by atoms with Gasteiger partial charge in [0.15, 0.2) is 0 Å². The molecule has 0 bridgehead atoms. The molecule has 4 nitrogen and oxygen atoms in total. The fraction of sp³-hybridized carbons (Fsp3) is 0.241. The monoisotopic (exact) mass is 564 g/mol. The van der Waals surface area contributed by atoms with Crippen molar-refractivity contribution in [1.82, 2.24) is 0 Å². The van der Waals surface area contributed by atoms with Gasteiger partial charge in [-0.3, -0.25) is 4.79 Å². The van der Waals surface area contributed by atoms with Crippen molar-refractivity contribution in [2.75, 3.05) is 11.9 Å². The summed E-state index contributed by atoms with van der Waals surface area (Å²) in [7, 11) is 0. The van der Waals surface area contributed by atoms with Gasteiger partial charge in [0.05, 0.1) is 6.61 Å². The van der Waals surface area contributed by atoms with Gasteiger partial charge in [-0.05, 0) is 96.8 Å². The van der Waals surface area contributed by atoms with Crippen LogP contribution in [0.5, 0.6) is 5.75 Å². The van der Waals surface area contributed by atoms with Crippen LogP contribution in [0, 0.1) is 28.7 Å². The van der Waals surface area contributed by atoms with Crippen LogP contribution in [0.15, 0.2) is 60.2 Å². The lowest BCUT2D eigenvalue weighted by molar-refractivity contribution is -0.112. The lowest BCUT2D eigenvalue weighted by Gasteiger charge is -2.15. The minimum absolute atomic E-state index is 0.0416. The van der Waals surface area contributed by atoms with E-state index in [1.807, 2.05) is 49.4 Å². The zero-order valence-corrected chi connectivity index (χ0v) is 22.2. The third-order valence-electron chi connectivity index (χ3n) is 5.44. The van der Waals surface area contributed by atoms with E-state index in [0.717, 1.165) is 33.3 Å². The highest BCUT2D eigenvalue weighted by Crippen LogP contribution is 2.30. The number of nitriles is 1. The number of carbonyl (C=O) groups excluding carboxylic acids is 1. The molecule has 1 amide bonds. The van der Waals surface area contributed by atoms with Crippen LogP contribution in [0.2, 0.25) is 0 Å². The molecule has 0 saturated carbocycles. The van der Waals surface area contributed by atoms with Gasteiger partial charge in [0.2, 0.25) is 0 Å². The quantitative estimate of drug-likeness (QED) is 0.182. The number of carbonyl (C=O) groups is 1. The molecular formula is C29H29IN2O2. The van der Waals surface area contributed by atoms with Gasteiger partial charge in [-0.2, -0.15) is 5.26 Å². The van der Waals surface area contributed by atoms with Crippen LogP contribution in [-0.2, 0) is 17.6 Å². The Labute approximate surface area is 215 Å². The number of ether oxygens (including phenoxy) is 1. The van der Waals surface area contributed by atoms with Crippen molar-refractivity contribution in [3.63, 3.8) is 0 Å². The van der Waals surface area contributed by atoms with E-state index in [9.17, 15) is 10.1 Å². The molecule has 1 N–H and O–H groups in total. The predicted molar refractivity (Wildman–Crippen MR) is 147 cm³/mol. The van der Waals surface area contributed by atoms with Crippen LogP contribution in [0.3, 0.4) is 0 Å². The molecule has 5 heteroatoms. The Morgan fingerprint density at radius 2 is 1.71 bits per heavy atom. The number of nitrogens with one attached hydrogen (secondary N) is 1. The van der Waals surface area contributed by atoms with Gasteiger partial charge in [-0.15, -0.1) is 0 Å². The van der Waals surface area contributed by atoms with Crippen LogP contribution in [-0.4, -0.2) is 12.5 Å². The van der Waals surface area contributed by atoms with E-state index in [0.29, 0.717) is 12.3 Å². The molecule has 0 atom stereocenters. The molecule has 174 valence electrons. The number of rotatable bonds is 8. The second-order valence-corrected chi connectivity index (χ2v) is 9.42. The van der Waals surface area contributed by atoms with Crippen LogP contribution in [0.25, 0.3) is 6.08 Å². The molecule has 0 fully saturated rings. The van der Waals surface area contributed by atoms with Crippen molar-refractivity contribution in [2.24, 2.45) is 0 Å². The molecule has 3 rings (SSSR count). The number of hydrogen-bond acceptors (Lipinski definition) is 3. The molecule has 0 aromatic heterocycles. The van der Waals surface area contributed by atoms with Crippen LogP contribution in [0.4, 0.5) is 5.69 Å². The van der Waals surface area contributed by atoms with Gasteiger partial charge in [-0.25, -0.2) is 0 Å². The van der Waals surface area contributed by atoms with Crippen molar-refractivity contribution in [3.8, 4) is 11.8 Å². The second kappa shape index (κ2) is 11.8. The summed E-state index contributed by atoms with van der Waals surface area (Å²) in [5.74, 6) is 0.340. The number of nitrogens with zero attached hydrogens (tertiary/aromatic N) is 1. The molecule has 0 unspecified atom stereocenters. The first-order valence-corrected chi connectivity index (χ1v) is 12.4. The maximum Gasteiger partial charge on any atom is 0.266 e. The minimum Gasteiger partial charge on any atom is -0.494 e. The SMILES string of the molecule is CCOc1cc(/C=C(\C#N)C(=O)Nc2ccc(CC)cc2)cc(I)c1Cc1cc(C)cc(C)c1. The van der Waals surface area contributed by atoms with Crippen molar-refractivity contribution in [3.05, 3.63) is 97.1 Å². The normalized spacial score (nSPS) is 11.1. The van der Waals surface area contributed by atoms with Crippen LogP contribution < -0.4 is 10.1 Å². The Bertz CT molecular complexity index is 1230. The number of halogens is 1. The smallest absolute Gasteiger partial charge is 0.266 e. The predicted octanol–water partition coefficient (Wildman–Crippen LogP) is 7.01. The molecule has 0 radical (unpaired) electrons. The summed E-state index contributed by atoms with van der Waals surface area (Å²) in [6.45, 7) is 8.77. The summed E-state index contributed by atoms with van der Waals surface area (Å²) >= 11 is 2.30. The van der Waals surface area contributed by atoms with E-state index in [1.165, 1.54) is 22.3 Å². The van der Waals surface area contributed by atoms with Crippen LogP contribution >= 0.6 is 22.6 Å². The number of benzene rings is 3. The second-order valence-electron chi connectivity index (χ2n) is 8.26. The molecule has 0 saturated heterocycles. The lowest BCUT2D eigenvalue weighted by Crippen LogP contribution is -2.13. The molecule has 0 aliphatic rings. The molecule has 0 spiro atoms. The average molecular weight is 564 g/mol. The van der Waals surface area contributed by atoms with Crippen LogP contribution in [0.1, 0.15) is 47.2 Å². The molecule has 0 aliphatic carbocycles. The minimum atomic E-state index is -0.431. The zero-order chi connectivity index (χ0) is 24.7. The first kappa shape index (κ1) is 25.5. The molecule has 34 heavy (non-hydrogen) atoms. The zero-order valence-electron chi connectivity index (χ0n) is 20.0. The molecule has 3 aromatic rings. The Morgan fingerprint density at radius 1 is 1.03 bits per heavy atom. The summed E-state index contributed by atoms with van der Waals surface area (Å²) in [5.41, 5.74) is 7.44. The van der Waals surface area contributed by atoms with Gasteiger partial charge in [0.1, 0.15) is 17.4 Å². The summed E-state index contributed by atoms with van der Waals surface area (Å²) in [6.07, 6.45) is 3.29. The highest BCUT2D eigenvalue weighted by molar-refractivity contribution is 14.1. The lowest BCUT2D eigenvalue weighted by atomic mass is 9.98. The summed E-state index contributed by atoms with van der Waals surface area (Å²) in [4.78, 5) is 12.7. The highest BCUT2D eigenvalue weighted by atomic mass is 127.